The number of carboxylic acid groups (broad SMARTS) is 3. The van der Waals surface area contributed by atoms with E-state index in [1.165, 1.54) is 18.3 Å². The lowest BCUT2D eigenvalue weighted by Gasteiger charge is -2.34. The molecule has 1 aromatic heterocycles. The highest BCUT2D eigenvalue weighted by atomic mass is 16.4. The summed E-state index contributed by atoms with van der Waals surface area (Å²) in [5.41, 5.74) is -1.26. The number of allylic oxidation sites excluding steroid dienone is 2. The number of fused-ring (bicyclic) bond motifs is 1. The summed E-state index contributed by atoms with van der Waals surface area (Å²) >= 11 is 0. The molecule has 2 atom stereocenters. The number of aliphatic carboxylic acids is 2. The van der Waals surface area contributed by atoms with Crippen LogP contribution in [0.3, 0.4) is 0 Å². The summed E-state index contributed by atoms with van der Waals surface area (Å²) in [4.78, 5) is 47.1. The topological polar surface area (TPSA) is 157 Å². The maximum atomic E-state index is 11.4. The Morgan fingerprint density at radius 3 is 2.31 bits per heavy atom. The largest absolute Gasteiger partial charge is 0.481 e. The summed E-state index contributed by atoms with van der Waals surface area (Å²) in [6.07, 6.45) is 8.00. The molecule has 0 bridgehead atoms. The Morgan fingerprint density at radius 1 is 1.09 bits per heavy atom. The number of nitrogens with one attached hydrogen (secondary N) is 2. The van der Waals surface area contributed by atoms with Gasteiger partial charge >= 0.3 is 17.9 Å². The van der Waals surface area contributed by atoms with Gasteiger partial charge in [-0.2, -0.15) is 0 Å². The van der Waals surface area contributed by atoms with Crippen LogP contribution < -0.4 is 10.9 Å². The molecule has 9 heteroatoms. The van der Waals surface area contributed by atoms with E-state index in [1.54, 1.807) is 37.3 Å². The molecule has 2 aliphatic carbocycles. The van der Waals surface area contributed by atoms with Gasteiger partial charge in [-0.3, -0.25) is 9.59 Å². The number of H-pyrrole nitrogens is 1. The van der Waals surface area contributed by atoms with Crippen molar-refractivity contribution in [2.75, 3.05) is 6.54 Å². The number of hydrogen-bond donors (Lipinski definition) is 5. The molecular formula is C23H24N2O7. The second-order valence-corrected chi connectivity index (χ2v) is 8.04. The van der Waals surface area contributed by atoms with Crippen molar-refractivity contribution in [2.24, 2.45) is 11.3 Å². The Morgan fingerprint density at radius 2 is 1.75 bits per heavy atom. The zero-order chi connectivity index (χ0) is 23.5. The summed E-state index contributed by atoms with van der Waals surface area (Å²) in [6.45, 7) is 2.22. The van der Waals surface area contributed by atoms with Gasteiger partial charge in [-0.15, -0.1) is 0 Å². The zero-order valence-electron chi connectivity index (χ0n) is 17.4. The van der Waals surface area contributed by atoms with Crippen molar-refractivity contribution in [1.82, 2.24) is 10.3 Å². The van der Waals surface area contributed by atoms with Gasteiger partial charge in [0.1, 0.15) is 5.41 Å². The van der Waals surface area contributed by atoms with E-state index >= 15 is 0 Å². The Labute approximate surface area is 183 Å². The van der Waals surface area contributed by atoms with Gasteiger partial charge in [-0.25, -0.2) is 9.59 Å². The second-order valence-electron chi connectivity index (χ2n) is 8.04. The van der Waals surface area contributed by atoms with Crippen LogP contribution in [0.5, 0.6) is 0 Å². The third kappa shape index (κ3) is 4.78. The molecule has 5 N–H and O–H groups in total. The fourth-order valence-electron chi connectivity index (χ4n) is 3.57. The molecule has 4 rings (SSSR count). The number of aromatic amines is 1. The molecule has 2 aliphatic rings. The SMILES string of the molecule is CC1(C(=O)O)C=CC=C(C(=O)O)C1NCC1CC1.O=C(O)c1c[nH]c(=O)c2ccccc12. The Bertz CT molecular complexity index is 1180. The normalized spacial score (nSPS) is 21.9. The molecule has 0 saturated heterocycles. The maximum absolute atomic E-state index is 11.4. The van der Waals surface area contributed by atoms with Crippen LogP contribution >= 0.6 is 0 Å². The van der Waals surface area contributed by atoms with Crippen molar-refractivity contribution in [3.05, 3.63) is 70.2 Å². The van der Waals surface area contributed by atoms with Crippen molar-refractivity contribution >= 4 is 28.7 Å². The lowest BCUT2D eigenvalue weighted by Crippen LogP contribution is -2.51. The molecule has 0 amide bonds. The van der Waals surface area contributed by atoms with Gasteiger partial charge in [0.05, 0.1) is 17.2 Å². The first-order valence-electron chi connectivity index (χ1n) is 10.1. The van der Waals surface area contributed by atoms with Gasteiger partial charge < -0.3 is 25.6 Å². The highest BCUT2D eigenvalue weighted by Crippen LogP contribution is 2.34. The molecular weight excluding hydrogens is 416 g/mol. The molecule has 168 valence electrons. The number of benzene rings is 1. The number of carbonyl (C=O) groups is 3. The lowest BCUT2D eigenvalue weighted by molar-refractivity contribution is -0.146. The van der Waals surface area contributed by atoms with E-state index in [9.17, 15) is 24.3 Å². The van der Waals surface area contributed by atoms with Gasteiger partial charge in [0.2, 0.25) is 0 Å². The molecule has 1 aromatic carbocycles. The molecule has 1 fully saturated rings. The summed E-state index contributed by atoms with van der Waals surface area (Å²) in [6, 6.07) is 5.93. The van der Waals surface area contributed by atoms with Crippen LogP contribution in [0.2, 0.25) is 0 Å². The van der Waals surface area contributed by atoms with Crippen molar-refractivity contribution < 1.29 is 29.7 Å². The minimum absolute atomic E-state index is 0.111. The lowest BCUT2D eigenvalue weighted by atomic mass is 9.75. The van der Waals surface area contributed by atoms with E-state index in [0.29, 0.717) is 23.2 Å². The maximum Gasteiger partial charge on any atom is 0.337 e. The van der Waals surface area contributed by atoms with E-state index in [0.717, 1.165) is 12.8 Å². The number of carboxylic acids is 3. The molecule has 9 nitrogen and oxygen atoms in total. The van der Waals surface area contributed by atoms with Crippen molar-refractivity contribution in [3.8, 4) is 0 Å². The van der Waals surface area contributed by atoms with Crippen molar-refractivity contribution in [3.63, 3.8) is 0 Å². The number of rotatable bonds is 6. The summed E-state index contributed by atoms with van der Waals surface area (Å²) < 4.78 is 0. The van der Waals surface area contributed by atoms with E-state index in [-0.39, 0.29) is 16.7 Å². The van der Waals surface area contributed by atoms with Gasteiger partial charge in [0, 0.05) is 17.0 Å². The minimum atomic E-state index is -1.21. The number of aromatic nitrogens is 1. The molecule has 1 saturated carbocycles. The van der Waals surface area contributed by atoms with Gasteiger partial charge in [0.25, 0.3) is 5.56 Å². The average molecular weight is 440 g/mol. The first-order valence-corrected chi connectivity index (χ1v) is 10.1. The van der Waals surface area contributed by atoms with Crippen LogP contribution in [-0.2, 0) is 9.59 Å². The molecule has 0 spiro atoms. The third-order valence-electron chi connectivity index (χ3n) is 5.68. The van der Waals surface area contributed by atoms with Gasteiger partial charge in [-0.05, 0) is 38.3 Å². The predicted octanol–water partition coefficient (Wildman–Crippen LogP) is 2.25. The first kappa shape index (κ1) is 23.0. The number of pyridine rings is 1. The third-order valence-corrected chi connectivity index (χ3v) is 5.68. The molecule has 1 heterocycles. The van der Waals surface area contributed by atoms with Crippen LogP contribution in [0, 0.1) is 11.3 Å². The number of aromatic carboxylic acids is 1. The standard InChI is InChI=1S/C13H17NO4.C10H7NO3/c1-13(12(17)18)6-2-3-9(11(15)16)10(13)14-7-8-4-5-8;12-9-7-4-2-1-3-6(7)8(5-11-9)10(13)14/h2-3,6,8,10,14H,4-5,7H2,1H3,(H,15,16)(H,17,18);1-5H,(H,11,12)(H,13,14). The monoisotopic (exact) mass is 440 g/mol. The van der Waals surface area contributed by atoms with Crippen molar-refractivity contribution in [2.45, 2.75) is 25.8 Å². The van der Waals surface area contributed by atoms with Crippen LogP contribution in [-0.4, -0.2) is 50.8 Å². The smallest absolute Gasteiger partial charge is 0.337 e. The molecule has 0 radical (unpaired) electrons. The zero-order valence-corrected chi connectivity index (χ0v) is 17.4. The highest BCUT2D eigenvalue weighted by Gasteiger charge is 2.44. The van der Waals surface area contributed by atoms with Crippen LogP contribution in [0.4, 0.5) is 0 Å². The van der Waals surface area contributed by atoms with E-state index in [2.05, 4.69) is 10.3 Å². The quantitative estimate of drug-likeness (QED) is 0.458. The molecule has 2 unspecified atom stereocenters. The second kappa shape index (κ2) is 9.19. The Kier molecular flexibility index (Phi) is 6.59. The minimum Gasteiger partial charge on any atom is -0.481 e. The van der Waals surface area contributed by atoms with E-state index in [4.69, 9.17) is 10.2 Å². The van der Waals surface area contributed by atoms with Crippen LogP contribution in [0.15, 0.2) is 59.1 Å². The fourth-order valence-corrected chi connectivity index (χ4v) is 3.57. The Hall–Kier alpha value is -3.72. The molecule has 2 aromatic rings. The summed E-state index contributed by atoms with van der Waals surface area (Å²) in [5.74, 6) is -2.57. The molecule has 0 aliphatic heterocycles. The fraction of sp³-hybridized carbons (Fsp3) is 0.304. The van der Waals surface area contributed by atoms with Crippen molar-refractivity contribution in [1.29, 1.82) is 0 Å². The summed E-state index contributed by atoms with van der Waals surface area (Å²) in [7, 11) is 0. The van der Waals surface area contributed by atoms with Gasteiger partial charge in [-0.1, -0.05) is 36.4 Å². The number of hydrogen-bond acceptors (Lipinski definition) is 5. The van der Waals surface area contributed by atoms with Gasteiger partial charge in [0.15, 0.2) is 0 Å². The van der Waals surface area contributed by atoms with Crippen LogP contribution in [0.1, 0.15) is 30.1 Å². The summed E-state index contributed by atoms with van der Waals surface area (Å²) in [5, 5.41) is 31.3. The Balaban J connectivity index is 0.000000186. The predicted molar refractivity (Wildman–Crippen MR) is 117 cm³/mol. The first-order chi connectivity index (χ1) is 15.1. The highest BCUT2D eigenvalue weighted by molar-refractivity contribution is 6.02. The van der Waals surface area contributed by atoms with E-state index in [1.807, 2.05) is 0 Å². The van der Waals surface area contributed by atoms with E-state index < -0.39 is 29.4 Å². The average Bonchev–Trinajstić information content (AvgIpc) is 3.57. The molecule has 32 heavy (non-hydrogen) atoms. The van der Waals surface area contributed by atoms with Crippen LogP contribution in [0.25, 0.3) is 10.8 Å².